The standard InChI is InChI=1S/C16H26O8/c1-6-18-10(17)8-19-12-11(9-7-20-15(2,3)22-9)21-14-13(12)23-16(4,5)24-14/h9,11-14H,6-8H2,1-5H3/t9?,11-,12-,13-,14-/m1/s1. The van der Waals surface area contributed by atoms with Crippen molar-refractivity contribution >= 4 is 5.97 Å². The first kappa shape index (κ1) is 18.0. The van der Waals surface area contributed by atoms with Gasteiger partial charge in [0, 0.05) is 0 Å². The minimum absolute atomic E-state index is 0.178. The van der Waals surface area contributed by atoms with E-state index in [1.54, 1.807) is 6.92 Å². The number of fused-ring (bicyclic) bond motifs is 1. The number of esters is 1. The molecule has 24 heavy (non-hydrogen) atoms. The maximum atomic E-state index is 11.6. The van der Waals surface area contributed by atoms with Gasteiger partial charge < -0.3 is 33.2 Å². The second-order valence-corrected chi connectivity index (χ2v) is 7.02. The van der Waals surface area contributed by atoms with Crippen LogP contribution in [0.1, 0.15) is 34.6 Å². The summed E-state index contributed by atoms with van der Waals surface area (Å²) < 4.78 is 39.8. The van der Waals surface area contributed by atoms with Crippen LogP contribution in [0.4, 0.5) is 0 Å². The molecule has 0 radical (unpaired) electrons. The van der Waals surface area contributed by atoms with Gasteiger partial charge in [0.25, 0.3) is 0 Å². The summed E-state index contributed by atoms with van der Waals surface area (Å²) in [6.07, 6.45) is -2.29. The molecule has 0 saturated carbocycles. The number of hydrogen-bond donors (Lipinski definition) is 0. The molecule has 3 saturated heterocycles. The molecule has 0 aromatic heterocycles. The molecule has 0 spiro atoms. The van der Waals surface area contributed by atoms with E-state index in [0.717, 1.165) is 0 Å². The average Bonchev–Trinajstić information content (AvgIpc) is 3.06. The fraction of sp³-hybridized carbons (Fsp3) is 0.938. The van der Waals surface area contributed by atoms with Crippen molar-refractivity contribution < 1.29 is 38.0 Å². The predicted octanol–water partition coefficient (Wildman–Crippen LogP) is 0.963. The molecule has 0 aromatic rings. The quantitative estimate of drug-likeness (QED) is 0.681. The van der Waals surface area contributed by atoms with Gasteiger partial charge in [0.1, 0.15) is 31.0 Å². The van der Waals surface area contributed by atoms with E-state index in [9.17, 15) is 4.79 Å². The first-order chi connectivity index (χ1) is 11.2. The molecule has 5 atom stereocenters. The molecule has 0 aromatic carbocycles. The third-order valence-electron chi connectivity index (χ3n) is 4.12. The highest BCUT2D eigenvalue weighted by Gasteiger charge is 2.59. The number of carbonyl (C=O) groups is 1. The van der Waals surface area contributed by atoms with Crippen LogP contribution >= 0.6 is 0 Å². The lowest BCUT2D eigenvalue weighted by molar-refractivity contribution is -0.236. The number of carbonyl (C=O) groups excluding carboxylic acids is 1. The monoisotopic (exact) mass is 346 g/mol. The molecular weight excluding hydrogens is 320 g/mol. The molecule has 3 aliphatic heterocycles. The van der Waals surface area contributed by atoms with Gasteiger partial charge in [0.05, 0.1) is 13.2 Å². The molecule has 8 heteroatoms. The van der Waals surface area contributed by atoms with E-state index in [0.29, 0.717) is 13.2 Å². The zero-order valence-corrected chi connectivity index (χ0v) is 14.8. The summed E-state index contributed by atoms with van der Waals surface area (Å²) in [4.78, 5) is 11.6. The highest BCUT2D eigenvalue weighted by atomic mass is 16.8. The molecule has 138 valence electrons. The van der Waals surface area contributed by atoms with Crippen molar-refractivity contribution in [1.29, 1.82) is 0 Å². The van der Waals surface area contributed by atoms with E-state index in [4.69, 9.17) is 33.2 Å². The molecule has 3 aliphatic rings. The van der Waals surface area contributed by atoms with E-state index in [-0.39, 0.29) is 12.7 Å². The second-order valence-electron chi connectivity index (χ2n) is 7.02. The molecular formula is C16H26O8. The van der Waals surface area contributed by atoms with Crippen LogP contribution in [0.2, 0.25) is 0 Å². The highest BCUT2D eigenvalue weighted by molar-refractivity contribution is 5.70. The maximum Gasteiger partial charge on any atom is 0.332 e. The average molecular weight is 346 g/mol. The second kappa shape index (κ2) is 6.51. The van der Waals surface area contributed by atoms with Gasteiger partial charge in [-0.2, -0.15) is 0 Å². The van der Waals surface area contributed by atoms with Crippen LogP contribution in [0, 0.1) is 0 Å². The molecule has 0 amide bonds. The minimum atomic E-state index is -0.766. The van der Waals surface area contributed by atoms with E-state index in [1.165, 1.54) is 0 Å². The zero-order chi connectivity index (χ0) is 17.5. The molecule has 3 fully saturated rings. The third-order valence-corrected chi connectivity index (χ3v) is 4.12. The number of ether oxygens (including phenoxy) is 7. The van der Waals surface area contributed by atoms with Crippen molar-refractivity contribution in [1.82, 2.24) is 0 Å². The van der Waals surface area contributed by atoms with Crippen molar-refractivity contribution in [3.63, 3.8) is 0 Å². The van der Waals surface area contributed by atoms with Gasteiger partial charge in [-0.25, -0.2) is 4.79 Å². The van der Waals surface area contributed by atoms with Gasteiger partial charge in [-0.05, 0) is 34.6 Å². The van der Waals surface area contributed by atoms with Gasteiger partial charge in [-0.1, -0.05) is 0 Å². The van der Waals surface area contributed by atoms with Crippen molar-refractivity contribution in [2.45, 2.75) is 76.9 Å². The molecule has 0 aliphatic carbocycles. The Kier molecular flexibility index (Phi) is 4.89. The maximum absolute atomic E-state index is 11.6. The van der Waals surface area contributed by atoms with Crippen molar-refractivity contribution in [2.75, 3.05) is 19.8 Å². The summed E-state index contributed by atoms with van der Waals surface area (Å²) in [6, 6.07) is 0. The van der Waals surface area contributed by atoms with Crippen LogP contribution in [-0.2, 0) is 38.0 Å². The number of rotatable bonds is 5. The SMILES string of the molecule is CCOC(=O)CO[C@H]1[C@H]2OC(C)(C)O[C@H]2O[C@@H]1C1COC(C)(C)O1. The fourth-order valence-corrected chi connectivity index (χ4v) is 3.24. The Hall–Kier alpha value is -0.770. The van der Waals surface area contributed by atoms with Gasteiger partial charge >= 0.3 is 5.97 Å². The summed E-state index contributed by atoms with van der Waals surface area (Å²) in [5.41, 5.74) is 0. The fourth-order valence-electron chi connectivity index (χ4n) is 3.24. The topological polar surface area (TPSA) is 81.7 Å². The summed E-state index contributed by atoms with van der Waals surface area (Å²) in [6.45, 7) is 9.55. The lowest BCUT2D eigenvalue weighted by Crippen LogP contribution is -2.45. The van der Waals surface area contributed by atoms with E-state index >= 15 is 0 Å². The van der Waals surface area contributed by atoms with E-state index in [2.05, 4.69) is 0 Å². The Labute approximate surface area is 141 Å². The molecule has 8 nitrogen and oxygen atoms in total. The smallest absolute Gasteiger partial charge is 0.332 e. The molecule has 3 rings (SSSR count). The normalized spacial score (nSPS) is 39.8. The lowest BCUT2D eigenvalue weighted by atomic mass is 10.1. The Morgan fingerprint density at radius 3 is 2.46 bits per heavy atom. The Morgan fingerprint density at radius 2 is 1.83 bits per heavy atom. The zero-order valence-electron chi connectivity index (χ0n) is 14.8. The lowest BCUT2D eigenvalue weighted by Gasteiger charge is -2.28. The number of hydrogen-bond acceptors (Lipinski definition) is 8. The summed E-state index contributed by atoms with van der Waals surface area (Å²) in [5.74, 6) is -1.88. The summed E-state index contributed by atoms with van der Waals surface area (Å²) in [7, 11) is 0. The van der Waals surface area contributed by atoms with Gasteiger partial charge in [-0.15, -0.1) is 0 Å². The first-order valence-electron chi connectivity index (χ1n) is 8.31. The molecule has 0 bridgehead atoms. The van der Waals surface area contributed by atoms with Crippen molar-refractivity contribution in [3.05, 3.63) is 0 Å². The first-order valence-corrected chi connectivity index (χ1v) is 8.31. The molecule has 3 heterocycles. The highest BCUT2D eigenvalue weighted by Crippen LogP contribution is 2.41. The summed E-state index contributed by atoms with van der Waals surface area (Å²) >= 11 is 0. The van der Waals surface area contributed by atoms with E-state index in [1.807, 2.05) is 27.7 Å². The third kappa shape index (κ3) is 3.74. The molecule has 0 N–H and O–H groups in total. The Morgan fingerprint density at radius 1 is 1.08 bits per heavy atom. The molecule has 1 unspecified atom stereocenters. The Bertz CT molecular complexity index is 477. The summed E-state index contributed by atoms with van der Waals surface area (Å²) in [5, 5.41) is 0. The van der Waals surface area contributed by atoms with Crippen LogP contribution < -0.4 is 0 Å². The van der Waals surface area contributed by atoms with Crippen LogP contribution in [0.25, 0.3) is 0 Å². The van der Waals surface area contributed by atoms with Gasteiger partial charge in [0.15, 0.2) is 17.9 Å². The Balaban J connectivity index is 1.69. The van der Waals surface area contributed by atoms with Crippen LogP contribution in [0.5, 0.6) is 0 Å². The van der Waals surface area contributed by atoms with Crippen LogP contribution in [0.3, 0.4) is 0 Å². The predicted molar refractivity (Wildman–Crippen MR) is 80.0 cm³/mol. The van der Waals surface area contributed by atoms with Crippen molar-refractivity contribution in [2.24, 2.45) is 0 Å². The largest absolute Gasteiger partial charge is 0.464 e. The van der Waals surface area contributed by atoms with Gasteiger partial charge in [-0.3, -0.25) is 0 Å². The minimum Gasteiger partial charge on any atom is -0.464 e. The van der Waals surface area contributed by atoms with Crippen molar-refractivity contribution in [3.8, 4) is 0 Å². The van der Waals surface area contributed by atoms with Gasteiger partial charge in [0.2, 0.25) is 0 Å². The van der Waals surface area contributed by atoms with Crippen LogP contribution in [0.15, 0.2) is 0 Å². The van der Waals surface area contributed by atoms with Crippen LogP contribution in [-0.4, -0.2) is 68.1 Å². The van der Waals surface area contributed by atoms with E-state index < -0.39 is 42.1 Å².